The van der Waals surface area contributed by atoms with E-state index in [1.807, 2.05) is 30.4 Å². The summed E-state index contributed by atoms with van der Waals surface area (Å²) in [4.78, 5) is 0.229. The van der Waals surface area contributed by atoms with Crippen LogP contribution >= 0.6 is 0 Å². The molecule has 0 saturated heterocycles. The molecule has 2 aromatic carbocycles. The summed E-state index contributed by atoms with van der Waals surface area (Å²) in [7, 11) is -3.83. The molecule has 0 heterocycles. The van der Waals surface area contributed by atoms with Gasteiger partial charge < -0.3 is 5.11 Å². The Morgan fingerprint density at radius 2 is 1.60 bits per heavy atom. The van der Waals surface area contributed by atoms with Crippen molar-refractivity contribution in [1.82, 2.24) is 0 Å². The van der Waals surface area contributed by atoms with Crippen LogP contribution in [0.15, 0.2) is 89.9 Å². The van der Waals surface area contributed by atoms with Crippen molar-refractivity contribution in [3.05, 3.63) is 90.5 Å². The van der Waals surface area contributed by atoms with Gasteiger partial charge in [0.25, 0.3) is 0 Å². The van der Waals surface area contributed by atoms with Crippen molar-refractivity contribution >= 4 is 9.84 Å². The van der Waals surface area contributed by atoms with Gasteiger partial charge in [0.05, 0.1) is 4.90 Å². The summed E-state index contributed by atoms with van der Waals surface area (Å²) in [5.74, 6) is -0.271. The van der Waals surface area contributed by atoms with Crippen LogP contribution in [0.1, 0.15) is 18.1 Å². The lowest BCUT2D eigenvalue weighted by Crippen LogP contribution is -2.49. The number of aliphatic hydroxyl groups is 1. The number of fused-ring (bicyclic) bond motifs is 2. The van der Waals surface area contributed by atoms with E-state index in [1.165, 1.54) is 0 Å². The molecular weight excluding hydrogens is 332 g/mol. The van der Waals surface area contributed by atoms with Crippen molar-refractivity contribution < 1.29 is 13.5 Å². The summed E-state index contributed by atoms with van der Waals surface area (Å²) in [6.07, 6.45) is 3.48. The second kappa shape index (κ2) is 5.68. The molecule has 2 aliphatic rings. The first-order chi connectivity index (χ1) is 12.0. The Hall–Kier alpha value is -2.17. The van der Waals surface area contributed by atoms with E-state index in [-0.39, 0.29) is 16.7 Å². The van der Waals surface area contributed by atoms with Gasteiger partial charge in [-0.15, -0.1) is 0 Å². The van der Waals surface area contributed by atoms with E-state index in [2.05, 4.69) is 6.58 Å². The van der Waals surface area contributed by atoms with Crippen molar-refractivity contribution in [2.24, 2.45) is 11.8 Å². The summed E-state index contributed by atoms with van der Waals surface area (Å²) in [5, 5.41) is 11.3. The molecule has 0 unspecified atom stereocenters. The highest BCUT2D eigenvalue weighted by Gasteiger charge is 2.63. The number of rotatable bonds is 4. The molecule has 0 radical (unpaired) electrons. The molecule has 4 atom stereocenters. The van der Waals surface area contributed by atoms with Gasteiger partial charge in [0.2, 0.25) is 0 Å². The molecule has 3 nitrogen and oxygen atoms in total. The molecule has 128 valence electrons. The first-order valence-corrected chi connectivity index (χ1v) is 9.88. The standard InChI is InChI=1S/C21H20O3S/c1-15-17-12-13-18(14-17)21(15,20(22)16-8-4-2-5-9-16)25(23,24)19-10-6-3-7-11-19/h2-13,17-18,20,22H,1,14H2/t17-,18+,20-,21-/m1/s1. The van der Waals surface area contributed by atoms with Crippen LogP contribution in [0.2, 0.25) is 0 Å². The minimum Gasteiger partial charge on any atom is -0.386 e. The average Bonchev–Trinajstić information content (AvgIpc) is 3.23. The van der Waals surface area contributed by atoms with Gasteiger partial charge in [-0.3, -0.25) is 0 Å². The Kier molecular flexibility index (Phi) is 3.71. The van der Waals surface area contributed by atoms with Gasteiger partial charge in [0.1, 0.15) is 10.9 Å². The highest BCUT2D eigenvalue weighted by molar-refractivity contribution is 7.93. The van der Waals surface area contributed by atoms with Gasteiger partial charge in [-0.05, 0) is 35.6 Å². The van der Waals surface area contributed by atoms with E-state index >= 15 is 0 Å². The highest BCUT2D eigenvalue weighted by Crippen LogP contribution is 2.60. The lowest BCUT2D eigenvalue weighted by atomic mass is 9.81. The van der Waals surface area contributed by atoms with E-state index < -0.39 is 20.7 Å². The monoisotopic (exact) mass is 352 g/mol. The average molecular weight is 352 g/mol. The van der Waals surface area contributed by atoms with Crippen LogP contribution < -0.4 is 0 Å². The molecule has 0 aliphatic heterocycles. The SMILES string of the molecule is C=C1[C@@H]2C=C[C@@H](C2)[C@]1([C@H](O)c1ccccc1)S(=O)(=O)c1ccccc1. The molecule has 4 rings (SSSR count). The van der Waals surface area contributed by atoms with Gasteiger partial charge in [-0.2, -0.15) is 0 Å². The molecule has 2 aliphatic carbocycles. The normalized spacial score (nSPS) is 29.1. The number of sulfone groups is 1. The summed E-state index contributed by atoms with van der Waals surface area (Å²) in [6.45, 7) is 4.14. The summed E-state index contributed by atoms with van der Waals surface area (Å²) >= 11 is 0. The van der Waals surface area contributed by atoms with Gasteiger partial charge >= 0.3 is 0 Å². The highest BCUT2D eigenvalue weighted by atomic mass is 32.2. The van der Waals surface area contributed by atoms with Crippen LogP contribution in [-0.4, -0.2) is 18.3 Å². The van der Waals surface area contributed by atoms with Crippen LogP contribution in [-0.2, 0) is 9.84 Å². The van der Waals surface area contributed by atoms with Crippen molar-refractivity contribution in [2.75, 3.05) is 0 Å². The van der Waals surface area contributed by atoms with Crippen LogP contribution in [0.25, 0.3) is 0 Å². The van der Waals surface area contributed by atoms with Crippen LogP contribution in [0.5, 0.6) is 0 Å². The molecule has 2 bridgehead atoms. The smallest absolute Gasteiger partial charge is 0.191 e. The van der Waals surface area contributed by atoms with Crippen LogP contribution in [0, 0.1) is 11.8 Å². The molecule has 1 fully saturated rings. The molecule has 4 heteroatoms. The fraction of sp³-hybridized carbons (Fsp3) is 0.238. The van der Waals surface area contributed by atoms with Crippen LogP contribution in [0.4, 0.5) is 0 Å². The molecule has 0 amide bonds. The first-order valence-electron chi connectivity index (χ1n) is 8.40. The molecule has 0 aromatic heterocycles. The van der Waals surface area contributed by atoms with E-state index in [1.54, 1.807) is 42.5 Å². The maximum atomic E-state index is 13.7. The Morgan fingerprint density at radius 3 is 2.16 bits per heavy atom. The second-order valence-corrected chi connectivity index (χ2v) is 8.94. The minimum absolute atomic E-state index is 0.00171. The van der Waals surface area contributed by atoms with Gasteiger partial charge in [0.15, 0.2) is 9.84 Å². The summed E-state index contributed by atoms with van der Waals surface area (Å²) < 4.78 is 26.0. The zero-order valence-electron chi connectivity index (χ0n) is 13.7. The summed E-state index contributed by atoms with van der Waals surface area (Å²) in [6, 6.07) is 17.4. The third-order valence-electron chi connectivity index (χ3n) is 5.60. The quantitative estimate of drug-likeness (QED) is 0.854. The topological polar surface area (TPSA) is 54.4 Å². The minimum atomic E-state index is -3.83. The fourth-order valence-electron chi connectivity index (χ4n) is 4.38. The van der Waals surface area contributed by atoms with Gasteiger partial charge in [-0.1, -0.05) is 67.3 Å². The Morgan fingerprint density at radius 1 is 1.00 bits per heavy atom. The molecule has 1 N–H and O–H groups in total. The first kappa shape index (κ1) is 16.3. The van der Waals surface area contributed by atoms with Crippen molar-refractivity contribution in [3.8, 4) is 0 Å². The van der Waals surface area contributed by atoms with Crippen molar-refractivity contribution in [2.45, 2.75) is 22.2 Å². The molecule has 1 saturated carbocycles. The third kappa shape index (κ3) is 2.11. The van der Waals surface area contributed by atoms with Gasteiger partial charge in [-0.25, -0.2) is 8.42 Å². The number of benzene rings is 2. The maximum Gasteiger partial charge on any atom is 0.191 e. The van der Waals surface area contributed by atoms with E-state index in [0.717, 1.165) is 0 Å². The zero-order valence-corrected chi connectivity index (χ0v) is 14.6. The summed E-state index contributed by atoms with van der Waals surface area (Å²) in [5.41, 5.74) is 1.20. The molecular formula is C21H20O3S. The number of hydrogen-bond donors (Lipinski definition) is 1. The predicted molar refractivity (Wildman–Crippen MR) is 97.6 cm³/mol. The number of aliphatic hydroxyl groups excluding tert-OH is 1. The third-order valence-corrected chi connectivity index (χ3v) is 8.17. The lowest BCUT2D eigenvalue weighted by molar-refractivity contribution is 0.127. The van der Waals surface area contributed by atoms with E-state index in [0.29, 0.717) is 17.6 Å². The lowest BCUT2D eigenvalue weighted by Gasteiger charge is -2.40. The zero-order chi connectivity index (χ0) is 17.7. The number of allylic oxidation sites excluding steroid dienone is 2. The Labute approximate surface area is 148 Å². The fourth-order valence-corrected chi connectivity index (χ4v) is 6.78. The van der Waals surface area contributed by atoms with E-state index in [9.17, 15) is 13.5 Å². The largest absolute Gasteiger partial charge is 0.386 e. The second-order valence-electron chi connectivity index (χ2n) is 6.78. The van der Waals surface area contributed by atoms with E-state index in [4.69, 9.17) is 0 Å². The van der Waals surface area contributed by atoms with Crippen molar-refractivity contribution in [1.29, 1.82) is 0 Å². The molecule has 25 heavy (non-hydrogen) atoms. The Bertz CT molecular complexity index is 932. The Balaban J connectivity index is 1.96. The molecule has 0 spiro atoms. The number of hydrogen-bond acceptors (Lipinski definition) is 3. The molecule has 2 aromatic rings. The maximum absolute atomic E-state index is 13.7. The van der Waals surface area contributed by atoms with Gasteiger partial charge in [0, 0.05) is 5.92 Å². The van der Waals surface area contributed by atoms with Crippen LogP contribution in [0.3, 0.4) is 0 Å². The van der Waals surface area contributed by atoms with Crippen molar-refractivity contribution in [3.63, 3.8) is 0 Å². The predicted octanol–water partition coefficient (Wildman–Crippen LogP) is 3.69.